The van der Waals surface area contributed by atoms with Gasteiger partial charge in [-0.05, 0) is 37.1 Å². The van der Waals surface area contributed by atoms with Crippen LogP contribution in [-0.4, -0.2) is 29.1 Å². The van der Waals surface area contributed by atoms with Crippen LogP contribution in [0, 0.1) is 0 Å². The highest BCUT2D eigenvalue weighted by Crippen LogP contribution is 2.15. The molecule has 1 heterocycles. The standard InChI is InChI=1S/C19H19NOS/c21-19(18-9-5-16(14-22)6-10-18)17-7-3-15(4-8-17)13-20-11-1-2-12-20/h3-10,14H,1-2,11-13H2. The summed E-state index contributed by atoms with van der Waals surface area (Å²) < 4.78 is 0. The molecule has 0 unspecified atom stereocenters. The summed E-state index contributed by atoms with van der Waals surface area (Å²) in [6.07, 6.45) is 2.60. The lowest BCUT2D eigenvalue weighted by Crippen LogP contribution is -2.18. The number of hydrogen-bond donors (Lipinski definition) is 0. The first-order valence-electron chi connectivity index (χ1n) is 7.67. The van der Waals surface area contributed by atoms with Gasteiger partial charge in [-0.15, -0.1) is 0 Å². The van der Waals surface area contributed by atoms with Gasteiger partial charge in [0.2, 0.25) is 0 Å². The Balaban J connectivity index is 1.70. The van der Waals surface area contributed by atoms with Crippen molar-refractivity contribution in [3.63, 3.8) is 0 Å². The van der Waals surface area contributed by atoms with Crippen LogP contribution >= 0.6 is 12.2 Å². The molecule has 112 valence electrons. The summed E-state index contributed by atoms with van der Waals surface area (Å²) in [7, 11) is 0. The largest absolute Gasteiger partial charge is 0.299 e. The van der Waals surface area contributed by atoms with Crippen molar-refractivity contribution in [1.29, 1.82) is 0 Å². The molecule has 0 amide bonds. The molecule has 0 N–H and O–H groups in total. The highest BCUT2D eigenvalue weighted by Gasteiger charge is 2.13. The number of carbonyl (C=O) groups excluding carboxylic acids is 1. The molecule has 1 fully saturated rings. The van der Waals surface area contributed by atoms with Crippen LogP contribution in [0.1, 0.15) is 39.9 Å². The smallest absolute Gasteiger partial charge is 0.193 e. The number of rotatable bonds is 5. The van der Waals surface area contributed by atoms with Crippen molar-refractivity contribution >= 4 is 23.4 Å². The van der Waals surface area contributed by atoms with Gasteiger partial charge in [0.1, 0.15) is 0 Å². The third-order valence-corrected chi connectivity index (χ3v) is 4.40. The quantitative estimate of drug-likeness (QED) is 0.618. The van der Waals surface area contributed by atoms with Crippen molar-refractivity contribution in [2.24, 2.45) is 0 Å². The average Bonchev–Trinajstić information content (AvgIpc) is 3.08. The summed E-state index contributed by atoms with van der Waals surface area (Å²) in [4.78, 5) is 14.9. The van der Waals surface area contributed by atoms with Gasteiger partial charge in [0.25, 0.3) is 0 Å². The second kappa shape index (κ2) is 6.95. The molecule has 3 rings (SSSR count). The molecule has 3 heteroatoms. The Morgan fingerprint density at radius 1 is 0.955 bits per heavy atom. The highest BCUT2D eigenvalue weighted by molar-refractivity contribution is 7.79. The van der Waals surface area contributed by atoms with Crippen LogP contribution in [0.2, 0.25) is 0 Å². The summed E-state index contributed by atoms with van der Waals surface area (Å²) in [5.74, 6) is 0.0589. The summed E-state index contributed by atoms with van der Waals surface area (Å²) in [5.41, 5.74) is 3.66. The van der Waals surface area contributed by atoms with Crippen LogP contribution in [0.5, 0.6) is 0 Å². The number of carbonyl (C=O) groups is 1. The molecule has 2 aromatic carbocycles. The van der Waals surface area contributed by atoms with Gasteiger partial charge < -0.3 is 0 Å². The lowest BCUT2D eigenvalue weighted by molar-refractivity contribution is 0.103. The summed E-state index contributed by atoms with van der Waals surface area (Å²) in [6.45, 7) is 3.36. The van der Waals surface area contributed by atoms with Crippen LogP contribution < -0.4 is 0 Å². The minimum Gasteiger partial charge on any atom is -0.299 e. The number of thiocarbonyl (C=S) groups is 1. The van der Waals surface area contributed by atoms with E-state index in [1.807, 2.05) is 36.4 Å². The molecule has 1 saturated heterocycles. The molecular formula is C19H19NOS. The van der Waals surface area contributed by atoms with E-state index in [9.17, 15) is 4.79 Å². The minimum atomic E-state index is 0.0589. The molecule has 1 aliphatic heterocycles. The van der Waals surface area contributed by atoms with Crippen molar-refractivity contribution in [2.45, 2.75) is 19.4 Å². The van der Waals surface area contributed by atoms with Crippen molar-refractivity contribution in [3.05, 3.63) is 70.8 Å². The Kier molecular flexibility index (Phi) is 4.76. The lowest BCUT2D eigenvalue weighted by Gasteiger charge is -2.14. The Labute approximate surface area is 136 Å². The molecule has 0 atom stereocenters. The predicted octanol–water partition coefficient (Wildman–Crippen LogP) is 3.86. The van der Waals surface area contributed by atoms with E-state index in [0.717, 1.165) is 17.7 Å². The van der Waals surface area contributed by atoms with Crippen molar-refractivity contribution in [1.82, 2.24) is 4.90 Å². The zero-order valence-corrected chi connectivity index (χ0v) is 13.3. The fourth-order valence-corrected chi connectivity index (χ4v) is 3.00. The number of likely N-dealkylation sites (tertiary alicyclic amines) is 1. The first-order valence-corrected chi connectivity index (χ1v) is 8.14. The average molecular weight is 309 g/mol. The lowest BCUT2D eigenvalue weighted by atomic mass is 10.0. The summed E-state index contributed by atoms with van der Waals surface area (Å²) in [5, 5.41) is 1.61. The molecule has 0 bridgehead atoms. The van der Waals surface area contributed by atoms with Crippen LogP contribution in [0.15, 0.2) is 48.5 Å². The fourth-order valence-electron chi connectivity index (χ4n) is 2.84. The van der Waals surface area contributed by atoms with E-state index in [0.29, 0.717) is 5.56 Å². The summed E-state index contributed by atoms with van der Waals surface area (Å²) >= 11 is 4.88. The highest BCUT2D eigenvalue weighted by atomic mass is 32.1. The van der Waals surface area contributed by atoms with Crippen LogP contribution in [-0.2, 0) is 6.54 Å². The molecule has 0 saturated carbocycles. The molecule has 0 radical (unpaired) electrons. The predicted molar refractivity (Wildman–Crippen MR) is 93.6 cm³/mol. The van der Waals surface area contributed by atoms with Gasteiger partial charge in [-0.25, -0.2) is 0 Å². The van der Waals surface area contributed by atoms with Gasteiger partial charge in [-0.3, -0.25) is 9.69 Å². The van der Waals surface area contributed by atoms with Crippen molar-refractivity contribution in [3.8, 4) is 0 Å². The fraction of sp³-hybridized carbons (Fsp3) is 0.263. The zero-order valence-electron chi connectivity index (χ0n) is 12.5. The maximum absolute atomic E-state index is 12.5. The maximum Gasteiger partial charge on any atom is 0.193 e. The third kappa shape index (κ3) is 3.49. The molecule has 0 aromatic heterocycles. The zero-order chi connectivity index (χ0) is 15.4. The SMILES string of the molecule is O=C(c1ccc(C=S)cc1)c1ccc(CN2CCCC2)cc1. The second-order valence-corrected chi connectivity index (χ2v) is 5.98. The maximum atomic E-state index is 12.5. The number of ketones is 1. The second-order valence-electron chi connectivity index (χ2n) is 5.75. The number of hydrogen-bond acceptors (Lipinski definition) is 3. The molecule has 0 aliphatic carbocycles. The third-order valence-electron chi connectivity index (χ3n) is 4.13. The van der Waals surface area contributed by atoms with Crippen LogP contribution in [0.3, 0.4) is 0 Å². The van der Waals surface area contributed by atoms with E-state index in [4.69, 9.17) is 12.2 Å². The summed E-state index contributed by atoms with van der Waals surface area (Å²) in [6, 6.07) is 15.4. The van der Waals surface area contributed by atoms with Gasteiger partial charge in [-0.1, -0.05) is 60.7 Å². The van der Waals surface area contributed by atoms with E-state index in [1.54, 1.807) is 5.37 Å². The topological polar surface area (TPSA) is 20.3 Å². The first-order chi connectivity index (χ1) is 10.8. The normalized spacial score (nSPS) is 14.9. The molecule has 2 nitrogen and oxygen atoms in total. The molecule has 2 aromatic rings. The molecule has 22 heavy (non-hydrogen) atoms. The van der Waals surface area contributed by atoms with Crippen molar-refractivity contribution < 1.29 is 4.79 Å². The van der Waals surface area contributed by atoms with Gasteiger partial charge in [0.15, 0.2) is 5.78 Å². The van der Waals surface area contributed by atoms with E-state index in [1.165, 1.54) is 31.5 Å². The van der Waals surface area contributed by atoms with Crippen molar-refractivity contribution in [2.75, 3.05) is 13.1 Å². The number of nitrogens with zero attached hydrogens (tertiary/aromatic N) is 1. The van der Waals surface area contributed by atoms with Gasteiger partial charge in [0.05, 0.1) is 0 Å². The minimum absolute atomic E-state index is 0.0589. The van der Waals surface area contributed by atoms with Gasteiger partial charge in [-0.2, -0.15) is 0 Å². The van der Waals surface area contributed by atoms with Crippen LogP contribution in [0.4, 0.5) is 0 Å². The number of benzene rings is 2. The Morgan fingerprint density at radius 3 is 2.05 bits per heavy atom. The molecular weight excluding hydrogens is 290 g/mol. The first kappa shape index (κ1) is 15.1. The van der Waals surface area contributed by atoms with Gasteiger partial charge >= 0.3 is 0 Å². The van der Waals surface area contributed by atoms with Crippen LogP contribution in [0.25, 0.3) is 0 Å². The van der Waals surface area contributed by atoms with E-state index >= 15 is 0 Å². The Bertz CT molecular complexity index is 655. The monoisotopic (exact) mass is 309 g/mol. The van der Waals surface area contributed by atoms with Gasteiger partial charge in [0, 0.05) is 23.0 Å². The Morgan fingerprint density at radius 2 is 1.50 bits per heavy atom. The molecule has 1 aliphatic rings. The Hall–Kier alpha value is -1.84. The van der Waals surface area contributed by atoms with E-state index in [2.05, 4.69) is 17.0 Å². The van der Waals surface area contributed by atoms with E-state index < -0.39 is 0 Å². The molecule has 0 spiro atoms. The van der Waals surface area contributed by atoms with E-state index in [-0.39, 0.29) is 5.78 Å².